The van der Waals surface area contributed by atoms with E-state index < -0.39 is 0 Å². The Kier molecular flexibility index (Phi) is 178. The fourth-order valence-electron chi connectivity index (χ4n) is 3.64. The number of rotatable bonds is 6. The molecule has 0 bridgehead atoms. The lowest BCUT2D eigenvalue weighted by Crippen LogP contribution is -1.81. The van der Waals surface area contributed by atoms with Crippen LogP contribution in [0.15, 0.2) is 146 Å². The average Bonchev–Trinajstić information content (AvgIpc) is 3.57. The molecule has 0 N–H and O–H groups in total. The van der Waals surface area contributed by atoms with Crippen LogP contribution in [0.3, 0.4) is 0 Å². The topological polar surface area (TPSA) is 111 Å². The number of aryl methyl sites for hydroxylation is 6. The molecule has 0 unspecified atom stereocenters. The van der Waals surface area contributed by atoms with Crippen molar-refractivity contribution in [3.63, 3.8) is 0 Å². The predicted octanol–water partition coefficient (Wildman–Crippen LogP) is 23.9. The molecular formula is C74H142N6O2. The molecule has 0 spiro atoms. The van der Waals surface area contributed by atoms with E-state index in [4.69, 9.17) is 9.59 Å². The molecule has 6 rings (SSSR count). The van der Waals surface area contributed by atoms with E-state index in [1.807, 2.05) is 285 Å². The number of nitrogens with zero attached hydrogens (tertiary/aromatic N) is 6. The van der Waals surface area contributed by atoms with Gasteiger partial charge in [-0.1, -0.05) is 258 Å². The summed E-state index contributed by atoms with van der Waals surface area (Å²) in [6, 6.07) is 35.8. The highest BCUT2D eigenvalue weighted by Gasteiger charge is 1.85. The molecule has 6 heterocycles. The Hall–Kier alpha value is -5.76. The number of carbonyl (C=O) groups excluding carboxylic acids is 2. The van der Waals surface area contributed by atoms with Crippen LogP contribution >= 0.6 is 0 Å². The van der Waals surface area contributed by atoms with Gasteiger partial charge in [0.05, 0.1) is 0 Å². The molecule has 0 saturated carbocycles. The standard InChI is InChI=1S/6C7H9N.2C4H10.2C2H4O.10C2H6/c6*1-2-7-5-3-4-6-8-7;2*1-4(2)3;2*1-2-3;10*1-2/h6*3-6H,2H2,1H3;2*4H,1-3H3;2*2H,1H3;10*1-2H3. The van der Waals surface area contributed by atoms with Gasteiger partial charge in [-0.25, -0.2) is 0 Å². The molecule has 0 fully saturated rings. The molecule has 82 heavy (non-hydrogen) atoms. The average molecular weight is 1150 g/mol. The minimum atomic E-state index is 0.750. The molecule has 0 aliphatic carbocycles. The van der Waals surface area contributed by atoms with Gasteiger partial charge in [-0.2, -0.15) is 0 Å². The minimum Gasteiger partial charge on any atom is -0.304 e. The van der Waals surface area contributed by atoms with E-state index in [-0.39, 0.29) is 0 Å². The SMILES string of the molecule is CC.CC.CC.CC.CC.CC.CC.CC.CC.CC.CC(C)C.CC(C)C.CC=O.CC=O.CCc1ccccn1.CCc1ccccn1.CCc1ccccn1.CCc1ccccn1.CCc1ccccn1.CCc1ccccn1. The van der Waals surface area contributed by atoms with Gasteiger partial charge in [0, 0.05) is 71.3 Å². The lowest BCUT2D eigenvalue weighted by molar-refractivity contribution is -0.106. The highest BCUT2D eigenvalue weighted by Crippen LogP contribution is 1.95. The fourth-order valence-corrected chi connectivity index (χ4v) is 3.64. The third-order valence-corrected chi connectivity index (χ3v) is 6.53. The molecule has 0 aliphatic heterocycles. The minimum absolute atomic E-state index is 0.750. The molecule has 8 heteroatoms. The van der Waals surface area contributed by atoms with Crippen molar-refractivity contribution in [2.45, 2.75) is 274 Å². The van der Waals surface area contributed by atoms with Crippen LogP contribution in [0.5, 0.6) is 0 Å². The number of aromatic nitrogens is 6. The summed E-state index contributed by atoms with van der Waals surface area (Å²) >= 11 is 0. The van der Waals surface area contributed by atoms with Gasteiger partial charge in [-0.15, -0.1) is 0 Å². The zero-order chi connectivity index (χ0) is 67.5. The second-order valence-corrected chi connectivity index (χ2v) is 14.0. The fraction of sp³-hybridized carbons (Fsp3) is 0.568. The summed E-state index contributed by atoms with van der Waals surface area (Å²) in [5.74, 6) is 1.67. The quantitative estimate of drug-likeness (QED) is 0.152. The summed E-state index contributed by atoms with van der Waals surface area (Å²) in [5.41, 5.74) is 6.96. The highest BCUT2D eigenvalue weighted by atomic mass is 16.1. The lowest BCUT2D eigenvalue weighted by atomic mass is 10.3. The van der Waals surface area contributed by atoms with E-state index in [0.29, 0.717) is 0 Å². The van der Waals surface area contributed by atoms with Crippen LogP contribution in [0.25, 0.3) is 0 Å². The van der Waals surface area contributed by atoms with E-state index >= 15 is 0 Å². The zero-order valence-electron chi connectivity index (χ0n) is 60.9. The Balaban J connectivity index is -0.0000000511. The van der Waals surface area contributed by atoms with Gasteiger partial charge < -0.3 is 9.59 Å². The summed E-state index contributed by atoms with van der Waals surface area (Å²) in [5, 5.41) is 0. The van der Waals surface area contributed by atoms with E-state index in [9.17, 15) is 0 Å². The first-order valence-corrected chi connectivity index (χ1v) is 32.1. The summed E-state index contributed by atoms with van der Waals surface area (Å²) in [4.78, 5) is 42.2. The van der Waals surface area contributed by atoms with Gasteiger partial charge in [0.1, 0.15) is 12.6 Å². The predicted molar refractivity (Wildman–Crippen MR) is 380 cm³/mol. The van der Waals surface area contributed by atoms with Gasteiger partial charge >= 0.3 is 0 Å². The molecule has 0 saturated heterocycles. The molecule has 0 radical (unpaired) electrons. The molecule has 6 aromatic rings. The summed E-state index contributed by atoms with van der Waals surface area (Å²) in [6.07, 6.45) is 18.6. The molecule has 480 valence electrons. The van der Waals surface area contributed by atoms with E-state index in [2.05, 4.69) is 113 Å². The van der Waals surface area contributed by atoms with E-state index in [1.54, 1.807) is 0 Å². The molecule has 6 aromatic heterocycles. The normalized spacial score (nSPS) is 7.27. The van der Waals surface area contributed by atoms with Crippen molar-refractivity contribution in [1.29, 1.82) is 0 Å². The maximum absolute atomic E-state index is 8.81. The van der Waals surface area contributed by atoms with Crippen LogP contribution in [0.2, 0.25) is 0 Å². The Morgan fingerprint density at radius 1 is 0.256 bits per heavy atom. The number of pyridine rings is 6. The Morgan fingerprint density at radius 2 is 0.341 bits per heavy atom. The smallest absolute Gasteiger partial charge is 0.116 e. The summed E-state index contributed by atoms with van der Waals surface area (Å²) in [6.45, 7) is 68.5. The highest BCUT2D eigenvalue weighted by molar-refractivity contribution is 5.44. The molecule has 0 amide bonds. The van der Waals surface area contributed by atoms with Gasteiger partial charge in [0.15, 0.2) is 0 Å². The second-order valence-electron chi connectivity index (χ2n) is 14.0. The van der Waals surface area contributed by atoms with Crippen molar-refractivity contribution < 1.29 is 9.59 Å². The Labute approximate surface area is 516 Å². The maximum atomic E-state index is 8.81. The monoisotopic (exact) mass is 1150 g/mol. The number of aldehydes is 2. The van der Waals surface area contributed by atoms with Gasteiger partial charge in [-0.05, 0) is 137 Å². The summed E-state index contributed by atoms with van der Waals surface area (Å²) in [7, 11) is 0. The van der Waals surface area contributed by atoms with Crippen molar-refractivity contribution in [2.75, 3.05) is 0 Å². The van der Waals surface area contributed by atoms with Crippen LogP contribution in [0.1, 0.15) is 270 Å². The molecular weight excluding hydrogens is 1000 g/mol. The van der Waals surface area contributed by atoms with Crippen molar-refractivity contribution >= 4 is 12.6 Å². The lowest BCUT2D eigenvalue weighted by Gasteiger charge is -1.88. The van der Waals surface area contributed by atoms with Gasteiger partial charge in [-0.3, -0.25) is 29.9 Å². The first-order chi connectivity index (χ1) is 39.9. The van der Waals surface area contributed by atoms with Crippen molar-refractivity contribution in [2.24, 2.45) is 11.8 Å². The van der Waals surface area contributed by atoms with Crippen LogP contribution < -0.4 is 0 Å². The van der Waals surface area contributed by atoms with Crippen LogP contribution in [-0.4, -0.2) is 42.5 Å². The van der Waals surface area contributed by atoms with Crippen molar-refractivity contribution in [1.82, 2.24) is 29.9 Å². The van der Waals surface area contributed by atoms with Gasteiger partial charge in [0.2, 0.25) is 0 Å². The summed E-state index contributed by atoms with van der Waals surface area (Å²) < 4.78 is 0. The number of carbonyl (C=O) groups is 2. The first kappa shape index (κ1) is 111. The third-order valence-electron chi connectivity index (χ3n) is 6.53. The third kappa shape index (κ3) is 135. The molecule has 0 aliphatic rings. The number of hydrogen-bond acceptors (Lipinski definition) is 8. The van der Waals surface area contributed by atoms with Crippen LogP contribution in [0.4, 0.5) is 0 Å². The van der Waals surface area contributed by atoms with E-state index in [1.165, 1.54) is 13.8 Å². The second kappa shape index (κ2) is 131. The van der Waals surface area contributed by atoms with Crippen LogP contribution in [-0.2, 0) is 48.1 Å². The number of hydrogen-bond donors (Lipinski definition) is 0. The van der Waals surface area contributed by atoms with Crippen molar-refractivity contribution in [3.05, 3.63) is 181 Å². The van der Waals surface area contributed by atoms with Crippen molar-refractivity contribution in [3.8, 4) is 0 Å². The largest absolute Gasteiger partial charge is 0.304 e. The molecule has 0 atom stereocenters. The Bertz CT molecular complexity index is 1380. The first-order valence-electron chi connectivity index (χ1n) is 32.1. The zero-order valence-corrected chi connectivity index (χ0v) is 60.9. The van der Waals surface area contributed by atoms with E-state index in [0.717, 1.165) is 97.1 Å². The van der Waals surface area contributed by atoms with Gasteiger partial charge in [0.25, 0.3) is 0 Å². The van der Waals surface area contributed by atoms with Crippen LogP contribution in [0, 0.1) is 11.8 Å². The maximum Gasteiger partial charge on any atom is 0.116 e. The molecule has 8 nitrogen and oxygen atoms in total. The Morgan fingerprint density at radius 3 is 0.378 bits per heavy atom. The molecule has 0 aromatic carbocycles.